The summed E-state index contributed by atoms with van der Waals surface area (Å²) >= 11 is 0. The fraction of sp³-hybridized carbons (Fsp3) is 0.500. The molecular weight excluding hydrogens is 216 g/mol. The summed E-state index contributed by atoms with van der Waals surface area (Å²) in [5.41, 5.74) is 6.54. The molecule has 1 aliphatic rings. The highest BCUT2D eigenvalue weighted by molar-refractivity contribution is 5.32. The number of nitriles is 1. The third-order valence-corrected chi connectivity index (χ3v) is 3.16. The van der Waals surface area contributed by atoms with Crippen molar-refractivity contribution in [3.63, 3.8) is 0 Å². The van der Waals surface area contributed by atoms with E-state index in [-0.39, 0.29) is 6.04 Å². The van der Waals surface area contributed by atoms with Gasteiger partial charge in [0.1, 0.15) is 5.82 Å². The summed E-state index contributed by atoms with van der Waals surface area (Å²) in [6.45, 7) is 0.747. The molecule has 1 aliphatic heterocycles. The minimum Gasteiger partial charge on any atom is -0.391 e. The van der Waals surface area contributed by atoms with Crippen LogP contribution < -0.4 is 5.73 Å². The first-order chi connectivity index (χ1) is 8.20. The molecule has 2 rings (SSSR count). The standard InChI is InChI=1S/C12H16N4O/c13-8-16-5-1-2-10(16)11(17)6-9-3-4-15-12(14)7-9/h3-4,7,10-11,17H,1-2,5-6H2,(H2,14,15)/t10-,11?/m0/s1. The van der Waals surface area contributed by atoms with Crippen LogP contribution in [0.5, 0.6) is 0 Å². The molecular formula is C12H16N4O. The Hall–Kier alpha value is -1.80. The number of anilines is 1. The van der Waals surface area contributed by atoms with Gasteiger partial charge in [0.05, 0.1) is 12.1 Å². The predicted octanol–water partition coefficient (Wildman–Crippen LogP) is 0.513. The van der Waals surface area contributed by atoms with Crippen molar-refractivity contribution in [3.8, 4) is 6.19 Å². The first-order valence-corrected chi connectivity index (χ1v) is 5.75. The molecule has 1 aromatic heterocycles. The Kier molecular flexibility index (Phi) is 3.45. The highest BCUT2D eigenvalue weighted by atomic mass is 16.3. The van der Waals surface area contributed by atoms with Crippen molar-refractivity contribution in [2.45, 2.75) is 31.4 Å². The van der Waals surface area contributed by atoms with Gasteiger partial charge in [0.25, 0.3) is 0 Å². The Bertz CT molecular complexity index is 429. The summed E-state index contributed by atoms with van der Waals surface area (Å²) in [7, 11) is 0. The molecule has 0 saturated carbocycles. The normalized spacial score (nSPS) is 21.2. The summed E-state index contributed by atoms with van der Waals surface area (Å²) < 4.78 is 0. The monoisotopic (exact) mass is 232 g/mol. The van der Waals surface area contributed by atoms with Gasteiger partial charge < -0.3 is 15.7 Å². The van der Waals surface area contributed by atoms with Crippen molar-refractivity contribution >= 4 is 5.82 Å². The van der Waals surface area contributed by atoms with Gasteiger partial charge in [-0.3, -0.25) is 0 Å². The zero-order chi connectivity index (χ0) is 12.3. The molecule has 5 nitrogen and oxygen atoms in total. The fourth-order valence-electron chi connectivity index (χ4n) is 2.32. The van der Waals surface area contributed by atoms with E-state index in [0.29, 0.717) is 12.2 Å². The molecule has 0 spiro atoms. The molecule has 1 aromatic rings. The minimum absolute atomic E-state index is 0.0608. The van der Waals surface area contributed by atoms with Crippen LogP contribution in [0.1, 0.15) is 18.4 Å². The zero-order valence-electron chi connectivity index (χ0n) is 9.58. The van der Waals surface area contributed by atoms with E-state index >= 15 is 0 Å². The van der Waals surface area contributed by atoms with Crippen LogP contribution >= 0.6 is 0 Å². The van der Waals surface area contributed by atoms with E-state index in [2.05, 4.69) is 11.2 Å². The van der Waals surface area contributed by atoms with Gasteiger partial charge in [0.2, 0.25) is 0 Å². The molecule has 0 radical (unpaired) electrons. The molecule has 0 bridgehead atoms. The molecule has 17 heavy (non-hydrogen) atoms. The Morgan fingerprint density at radius 1 is 1.71 bits per heavy atom. The lowest BCUT2D eigenvalue weighted by Crippen LogP contribution is -2.37. The van der Waals surface area contributed by atoms with Crippen molar-refractivity contribution in [3.05, 3.63) is 23.9 Å². The Morgan fingerprint density at radius 2 is 2.53 bits per heavy atom. The number of aliphatic hydroxyl groups is 1. The van der Waals surface area contributed by atoms with Crippen molar-refractivity contribution < 1.29 is 5.11 Å². The maximum atomic E-state index is 10.1. The van der Waals surface area contributed by atoms with Gasteiger partial charge in [0, 0.05) is 19.2 Å². The lowest BCUT2D eigenvalue weighted by atomic mass is 10.0. The van der Waals surface area contributed by atoms with Gasteiger partial charge in [-0.2, -0.15) is 5.26 Å². The third kappa shape index (κ3) is 2.66. The molecule has 0 aliphatic carbocycles. The smallest absolute Gasteiger partial charge is 0.179 e. The van der Waals surface area contributed by atoms with E-state index in [1.165, 1.54) is 0 Å². The molecule has 0 aromatic carbocycles. The molecule has 1 unspecified atom stereocenters. The van der Waals surface area contributed by atoms with Crippen molar-refractivity contribution in [2.75, 3.05) is 12.3 Å². The Balaban J connectivity index is 2.02. The SMILES string of the molecule is N#CN1CCC[C@H]1C(O)Cc1ccnc(N)c1. The van der Waals surface area contributed by atoms with Gasteiger partial charge in [-0.25, -0.2) is 4.98 Å². The largest absolute Gasteiger partial charge is 0.391 e. The molecule has 90 valence electrons. The number of pyridine rings is 1. The quantitative estimate of drug-likeness (QED) is 0.742. The van der Waals surface area contributed by atoms with Gasteiger partial charge in [-0.1, -0.05) is 0 Å². The maximum Gasteiger partial charge on any atom is 0.179 e. The molecule has 1 saturated heterocycles. The molecule has 5 heteroatoms. The van der Waals surface area contributed by atoms with E-state index in [0.717, 1.165) is 24.9 Å². The molecule has 0 amide bonds. The molecule has 2 atom stereocenters. The maximum absolute atomic E-state index is 10.1. The van der Waals surface area contributed by atoms with Gasteiger partial charge >= 0.3 is 0 Å². The number of nitrogens with two attached hydrogens (primary N) is 1. The van der Waals surface area contributed by atoms with E-state index in [1.54, 1.807) is 17.2 Å². The Labute approximate surface area is 100 Å². The minimum atomic E-state index is -0.529. The van der Waals surface area contributed by atoms with E-state index in [9.17, 15) is 5.11 Å². The van der Waals surface area contributed by atoms with Gasteiger partial charge in [-0.15, -0.1) is 0 Å². The second kappa shape index (κ2) is 5.02. The second-order valence-corrected chi connectivity index (χ2v) is 4.36. The van der Waals surface area contributed by atoms with Gasteiger partial charge in [-0.05, 0) is 30.5 Å². The zero-order valence-corrected chi connectivity index (χ0v) is 9.58. The highest BCUT2D eigenvalue weighted by Crippen LogP contribution is 2.21. The summed E-state index contributed by atoms with van der Waals surface area (Å²) in [6.07, 6.45) is 5.58. The molecule has 2 heterocycles. The third-order valence-electron chi connectivity index (χ3n) is 3.16. The number of hydrogen-bond donors (Lipinski definition) is 2. The average molecular weight is 232 g/mol. The predicted molar refractivity (Wildman–Crippen MR) is 63.7 cm³/mol. The summed E-state index contributed by atoms with van der Waals surface area (Å²) in [5, 5.41) is 19.1. The number of aromatic nitrogens is 1. The van der Waals surface area contributed by atoms with E-state index < -0.39 is 6.10 Å². The van der Waals surface area contributed by atoms with Crippen LogP contribution in [-0.2, 0) is 6.42 Å². The lowest BCUT2D eigenvalue weighted by molar-refractivity contribution is 0.0977. The number of hydrogen-bond acceptors (Lipinski definition) is 5. The summed E-state index contributed by atoms with van der Waals surface area (Å²) in [5.74, 6) is 0.457. The van der Waals surface area contributed by atoms with Crippen molar-refractivity contribution in [2.24, 2.45) is 0 Å². The number of likely N-dealkylation sites (tertiary alicyclic amines) is 1. The van der Waals surface area contributed by atoms with Crippen molar-refractivity contribution in [1.29, 1.82) is 5.26 Å². The van der Waals surface area contributed by atoms with Crippen LogP contribution in [0.3, 0.4) is 0 Å². The Morgan fingerprint density at radius 3 is 3.24 bits per heavy atom. The van der Waals surface area contributed by atoms with Crippen LogP contribution in [0.2, 0.25) is 0 Å². The second-order valence-electron chi connectivity index (χ2n) is 4.36. The van der Waals surface area contributed by atoms with Crippen LogP contribution in [0, 0.1) is 11.5 Å². The van der Waals surface area contributed by atoms with Crippen LogP contribution in [-0.4, -0.2) is 33.7 Å². The fourth-order valence-corrected chi connectivity index (χ4v) is 2.32. The number of nitrogen functional groups attached to an aromatic ring is 1. The van der Waals surface area contributed by atoms with Crippen molar-refractivity contribution in [1.82, 2.24) is 9.88 Å². The van der Waals surface area contributed by atoms with Crippen LogP contribution in [0.15, 0.2) is 18.3 Å². The summed E-state index contributed by atoms with van der Waals surface area (Å²) in [4.78, 5) is 5.57. The molecule has 3 N–H and O–H groups in total. The lowest BCUT2D eigenvalue weighted by Gasteiger charge is -2.24. The number of rotatable bonds is 3. The number of nitrogens with zero attached hydrogens (tertiary/aromatic N) is 3. The van der Waals surface area contributed by atoms with E-state index in [1.807, 2.05) is 6.07 Å². The van der Waals surface area contributed by atoms with Crippen LogP contribution in [0.4, 0.5) is 5.82 Å². The topological polar surface area (TPSA) is 86.2 Å². The highest BCUT2D eigenvalue weighted by Gasteiger charge is 2.29. The molecule has 1 fully saturated rings. The summed E-state index contributed by atoms with van der Waals surface area (Å²) in [6, 6.07) is 3.54. The first-order valence-electron chi connectivity index (χ1n) is 5.75. The van der Waals surface area contributed by atoms with Gasteiger partial charge in [0.15, 0.2) is 6.19 Å². The van der Waals surface area contributed by atoms with Crippen LogP contribution in [0.25, 0.3) is 0 Å². The number of aliphatic hydroxyl groups excluding tert-OH is 1. The van der Waals surface area contributed by atoms with E-state index in [4.69, 9.17) is 11.0 Å². The average Bonchev–Trinajstić information content (AvgIpc) is 2.77. The first kappa shape index (κ1) is 11.7.